The van der Waals surface area contributed by atoms with Crippen LogP contribution in [0.25, 0.3) is 0 Å². The van der Waals surface area contributed by atoms with Crippen molar-refractivity contribution in [2.45, 2.75) is 17.5 Å². The molecular weight excluding hydrogens is 372 g/mol. The van der Waals surface area contributed by atoms with Gasteiger partial charge in [0.2, 0.25) is 0 Å². The van der Waals surface area contributed by atoms with Crippen LogP contribution in [0.1, 0.15) is 24.2 Å². The molecule has 0 bridgehead atoms. The van der Waals surface area contributed by atoms with Crippen molar-refractivity contribution >= 4 is 47.5 Å². The summed E-state index contributed by atoms with van der Waals surface area (Å²) in [5.74, 6) is -0.538. The summed E-state index contributed by atoms with van der Waals surface area (Å²) in [4.78, 5) is 12.1. The first-order chi connectivity index (χ1) is 7.72. The van der Waals surface area contributed by atoms with Crippen LogP contribution in [0.15, 0.2) is 28.7 Å². The smallest absolute Gasteiger partial charge is 0.194 e. The number of benzene rings is 1. The maximum Gasteiger partial charge on any atom is 0.194 e. The van der Waals surface area contributed by atoms with Crippen LogP contribution in [0, 0.1) is 0 Å². The van der Waals surface area contributed by atoms with Crippen molar-refractivity contribution in [1.82, 2.24) is 0 Å². The van der Waals surface area contributed by atoms with E-state index < -0.39 is 19.3 Å². The first-order valence-electron chi connectivity index (χ1n) is 4.94. The van der Waals surface area contributed by atoms with Gasteiger partial charge in [-0.15, -0.1) is 0 Å². The molecule has 3 nitrogen and oxygen atoms in total. The van der Waals surface area contributed by atoms with E-state index in [1.54, 1.807) is 24.3 Å². The van der Waals surface area contributed by atoms with E-state index in [1.165, 1.54) is 13.8 Å². The van der Waals surface area contributed by atoms with Gasteiger partial charge in [0.05, 0.1) is 0 Å². The molecule has 0 saturated heterocycles. The highest BCUT2D eigenvalue weighted by atomic mass is 79.9. The third-order valence-electron chi connectivity index (χ3n) is 2.48. The lowest BCUT2D eigenvalue weighted by atomic mass is 10.1. The number of hydrogen-bond acceptors (Lipinski definition) is 3. The van der Waals surface area contributed by atoms with Gasteiger partial charge in [-0.05, 0) is 19.1 Å². The van der Waals surface area contributed by atoms with E-state index in [2.05, 4.69) is 31.9 Å². The van der Waals surface area contributed by atoms with E-state index in [4.69, 9.17) is 0 Å². The van der Waals surface area contributed by atoms with Crippen molar-refractivity contribution in [2.75, 3.05) is 5.75 Å². The minimum atomic E-state index is -3.50. The molecule has 1 aromatic carbocycles. The van der Waals surface area contributed by atoms with Crippen molar-refractivity contribution in [1.29, 1.82) is 0 Å². The molecule has 0 aromatic heterocycles. The van der Waals surface area contributed by atoms with Crippen molar-refractivity contribution in [2.24, 2.45) is 0 Å². The fourth-order valence-electron chi connectivity index (χ4n) is 1.27. The van der Waals surface area contributed by atoms with E-state index >= 15 is 0 Å². The second-order valence-electron chi connectivity index (χ2n) is 3.66. The molecular formula is C11H12Br2O3S. The van der Waals surface area contributed by atoms with Crippen LogP contribution in [0.3, 0.4) is 0 Å². The molecule has 1 rings (SSSR count). The zero-order valence-electron chi connectivity index (χ0n) is 9.41. The summed E-state index contributed by atoms with van der Waals surface area (Å²) in [7, 11) is -3.50. The average Bonchev–Trinajstić information content (AvgIpc) is 2.28. The minimum Gasteiger partial charge on any atom is -0.291 e. The third-order valence-corrected chi connectivity index (χ3v) is 6.96. The van der Waals surface area contributed by atoms with Gasteiger partial charge in [-0.25, -0.2) is 8.42 Å². The second kappa shape index (κ2) is 5.20. The van der Waals surface area contributed by atoms with Crippen LogP contribution >= 0.6 is 31.9 Å². The second-order valence-corrected chi connectivity index (χ2v) is 9.31. The molecule has 0 aliphatic rings. The molecule has 0 radical (unpaired) electrons. The van der Waals surface area contributed by atoms with E-state index in [-0.39, 0.29) is 5.75 Å². The lowest BCUT2D eigenvalue weighted by Gasteiger charge is -2.20. The number of halogens is 2. The van der Waals surface area contributed by atoms with Gasteiger partial charge in [-0.1, -0.05) is 50.9 Å². The summed E-state index contributed by atoms with van der Waals surface area (Å²) in [6.07, 6.45) is 0. The van der Waals surface area contributed by atoms with Gasteiger partial charge in [0.15, 0.2) is 19.3 Å². The topological polar surface area (TPSA) is 51.2 Å². The SMILES string of the molecule is CCS(=O)(=O)C(C)(Br)C(=O)c1ccc(Br)cc1. The van der Waals surface area contributed by atoms with Crippen LogP contribution in [0.4, 0.5) is 0 Å². The Morgan fingerprint density at radius 2 is 1.76 bits per heavy atom. The van der Waals surface area contributed by atoms with Crippen molar-refractivity contribution in [3.05, 3.63) is 34.3 Å². The summed E-state index contributed by atoms with van der Waals surface area (Å²) in [5, 5.41) is 0. The van der Waals surface area contributed by atoms with E-state index in [0.29, 0.717) is 5.56 Å². The summed E-state index contributed by atoms with van der Waals surface area (Å²) >= 11 is 6.29. The maximum atomic E-state index is 12.1. The Morgan fingerprint density at radius 3 is 2.18 bits per heavy atom. The standard InChI is InChI=1S/C11H12Br2O3S/c1-3-17(15,16)11(2,13)10(14)8-4-6-9(12)7-5-8/h4-7H,3H2,1-2H3. The molecule has 0 saturated carbocycles. The molecule has 1 unspecified atom stereocenters. The zero-order valence-corrected chi connectivity index (χ0v) is 13.4. The van der Waals surface area contributed by atoms with Gasteiger partial charge in [0, 0.05) is 15.8 Å². The summed E-state index contributed by atoms with van der Waals surface area (Å²) < 4.78 is 22.9. The number of carbonyl (C=O) groups is 1. The highest BCUT2D eigenvalue weighted by Gasteiger charge is 2.42. The van der Waals surface area contributed by atoms with Gasteiger partial charge in [-0.2, -0.15) is 0 Å². The number of ketones is 1. The Morgan fingerprint density at radius 1 is 1.29 bits per heavy atom. The van der Waals surface area contributed by atoms with Crippen LogP contribution in [-0.4, -0.2) is 23.6 Å². The minimum absolute atomic E-state index is 0.0863. The molecule has 0 N–H and O–H groups in total. The van der Waals surface area contributed by atoms with E-state index in [9.17, 15) is 13.2 Å². The van der Waals surface area contributed by atoms with Crippen molar-refractivity contribution in [3.63, 3.8) is 0 Å². The summed E-state index contributed by atoms with van der Waals surface area (Å²) in [5.41, 5.74) is 0.365. The number of alkyl halides is 1. The quantitative estimate of drug-likeness (QED) is 0.592. The number of hydrogen-bond donors (Lipinski definition) is 0. The molecule has 6 heteroatoms. The highest BCUT2D eigenvalue weighted by molar-refractivity contribution is 9.12. The van der Waals surface area contributed by atoms with Gasteiger partial charge in [0.25, 0.3) is 0 Å². The molecule has 1 atom stereocenters. The fourth-order valence-corrected chi connectivity index (χ4v) is 3.39. The monoisotopic (exact) mass is 382 g/mol. The van der Waals surface area contributed by atoms with Crippen LogP contribution < -0.4 is 0 Å². The summed E-state index contributed by atoms with van der Waals surface area (Å²) in [6, 6.07) is 6.60. The van der Waals surface area contributed by atoms with Gasteiger partial charge in [0.1, 0.15) is 0 Å². The number of rotatable bonds is 4. The highest BCUT2D eigenvalue weighted by Crippen LogP contribution is 2.30. The largest absolute Gasteiger partial charge is 0.291 e. The molecule has 0 heterocycles. The van der Waals surface area contributed by atoms with Crippen molar-refractivity contribution < 1.29 is 13.2 Å². The first-order valence-corrected chi connectivity index (χ1v) is 8.17. The van der Waals surface area contributed by atoms with Gasteiger partial charge in [-0.3, -0.25) is 4.79 Å². The summed E-state index contributed by atoms with van der Waals surface area (Å²) in [6.45, 7) is 2.89. The Kier molecular flexibility index (Phi) is 4.54. The number of carbonyl (C=O) groups excluding carboxylic acids is 1. The molecule has 0 aliphatic heterocycles. The third kappa shape index (κ3) is 2.98. The normalized spacial score (nSPS) is 15.3. The predicted octanol–water partition coefficient (Wildman–Crippen LogP) is 3.18. The molecule has 0 aliphatic carbocycles. The first kappa shape index (κ1) is 14.9. The average molecular weight is 384 g/mol. The molecule has 94 valence electrons. The molecule has 1 aromatic rings. The van der Waals surface area contributed by atoms with Crippen LogP contribution in [0.2, 0.25) is 0 Å². The van der Waals surface area contributed by atoms with E-state index in [0.717, 1.165) is 4.47 Å². The van der Waals surface area contributed by atoms with Crippen molar-refractivity contribution in [3.8, 4) is 0 Å². The van der Waals surface area contributed by atoms with Crippen LogP contribution in [0.5, 0.6) is 0 Å². The van der Waals surface area contributed by atoms with Gasteiger partial charge >= 0.3 is 0 Å². The molecule has 0 fully saturated rings. The Labute approximate surface area is 118 Å². The predicted molar refractivity (Wildman–Crippen MR) is 75.3 cm³/mol. The Bertz CT molecular complexity index is 518. The van der Waals surface area contributed by atoms with E-state index in [1.807, 2.05) is 0 Å². The van der Waals surface area contributed by atoms with Gasteiger partial charge < -0.3 is 0 Å². The Hall–Kier alpha value is -0.200. The van der Waals surface area contributed by atoms with Crippen LogP contribution in [-0.2, 0) is 9.84 Å². The number of sulfone groups is 1. The Balaban J connectivity index is 3.18. The molecule has 0 amide bonds. The zero-order chi connectivity index (χ0) is 13.3. The molecule has 0 spiro atoms. The maximum absolute atomic E-state index is 12.1. The molecule has 17 heavy (non-hydrogen) atoms. The fraction of sp³-hybridized carbons (Fsp3) is 0.364. The lowest BCUT2D eigenvalue weighted by molar-refractivity contribution is 0.0983. The lowest BCUT2D eigenvalue weighted by Crippen LogP contribution is -2.38. The number of Topliss-reactive ketones (excluding diaryl/α,β-unsaturated/α-hetero) is 1.